The minimum Gasteiger partial charge on any atom is -0.481 e. The molecule has 0 saturated carbocycles. The van der Waals surface area contributed by atoms with Crippen molar-refractivity contribution in [3.05, 3.63) is 17.8 Å². The van der Waals surface area contributed by atoms with Gasteiger partial charge in [-0.2, -0.15) is 0 Å². The van der Waals surface area contributed by atoms with Crippen LogP contribution in [-0.4, -0.2) is 34.0 Å². The molecule has 0 aliphatic heterocycles. The van der Waals surface area contributed by atoms with Gasteiger partial charge >= 0.3 is 5.97 Å². The van der Waals surface area contributed by atoms with E-state index in [1.165, 1.54) is 6.39 Å². The quantitative estimate of drug-likeness (QED) is 0.769. The summed E-state index contributed by atoms with van der Waals surface area (Å²) >= 11 is 0. The molecule has 0 amide bonds. The Morgan fingerprint density at radius 1 is 1.67 bits per heavy atom. The molecule has 15 heavy (non-hydrogen) atoms. The van der Waals surface area contributed by atoms with Crippen molar-refractivity contribution in [2.24, 2.45) is 0 Å². The normalized spacial score (nSPS) is 10.9. The lowest BCUT2D eigenvalue weighted by Crippen LogP contribution is -2.26. The largest absolute Gasteiger partial charge is 0.481 e. The van der Waals surface area contributed by atoms with E-state index < -0.39 is 5.97 Å². The Kier molecular flexibility index (Phi) is 4.30. The summed E-state index contributed by atoms with van der Waals surface area (Å²) in [6, 6.07) is 0. The van der Waals surface area contributed by atoms with Gasteiger partial charge in [-0.05, 0) is 13.5 Å². The van der Waals surface area contributed by atoms with Crippen molar-refractivity contribution in [3.63, 3.8) is 0 Å². The SMILES string of the molecule is CCN(CCC(=O)O)Cc1ncoc1C. The van der Waals surface area contributed by atoms with Gasteiger partial charge in [0.1, 0.15) is 5.76 Å². The Hall–Kier alpha value is -1.36. The topological polar surface area (TPSA) is 66.6 Å². The molecule has 0 spiro atoms. The van der Waals surface area contributed by atoms with E-state index in [1.807, 2.05) is 18.7 Å². The average Bonchev–Trinajstić information content (AvgIpc) is 2.58. The number of hydrogen-bond acceptors (Lipinski definition) is 4. The lowest BCUT2D eigenvalue weighted by atomic mass is 10.3. The molecule has 1 heterocycles. The molecule has 5 nitrogen and oxygen atoms in total. The Balaban J connectivity index is 2.47. The molecule has 1 aromatic rings. The van der Waals surface area contributed by atoms with Crippen LogP contribution in [0.5, 0.6) is 0 Å². The van der Waals surface area contributed by atoms with Crippen LogP contribution in [0.25, 0.3) is 0 Å². The summed E-state index contributed by atoms with van der Waals surface area (Å²) in [4.78, 5) is 16.5. The van der Waals surface area contributed by atoms with E-state index in [0.29, 0.717) is 13.1 Å². The number of hydrogen-bond donors (Lipinski definition) is 1. The molecule has 0 unspecified atom stereocenters. The molecule has 0 aromatic carbocycles. The monoisotopic (exact) mass is 212 g/mol. The first kappa shape index (κ1) is 11.7. The minimum absolute atomic E-state index is 0.157. The van der Waals surface area contributed by atoms with Crippen molar-refractivity contribution in [1.29, 1.82) is 0 Å². The number of carboxylic acids is 1. The van der Waals surface area contributed by atoms with Crippen LogP contribution in [0.15, 0.2) is 10.8 Å². The molecule has 1 aromatic heterocycles. The fourth-order valence-corrected chi connectivity index (χ4v) is 1.29. The predicted molar refractivity (Wildman–Crippen MR) is 54.4 cm³/mol. The van der Waals surface area contributed by atoms with Gasteiger partial charge in [-0.15, -0.1) is 0 Å². The number of oxazole rings is 1. The number of carboxylic acid groups (broad SMARTS) is 1. The number of rotatable bonds is 6. The van der Waals surface area contributed by atoms with Gasteiger partial charge in [0.25, 0.3) is 0 Å². The van der Waals surface area contributed by atoms with E-state index in [4.69, 9.17) is 9.52 Å². The third kappa shape index (κ3) is 3.71. The predicted octanol–water partition coefficient (Wildman–Crippen LogP) is 1.28. The molecule has 0 bridgehead atoms. The van der Waals surface area contributed by atoms with Gasteiger partial charge < -0.3 is 9.52 Å². The van der Waals surface area contributed by atoms with Gasteiger partial charge in [0.05, 0.1) is 12.1 Å². The van der Waals surface area contributed by atoms with Crippen molar-refractivity contribution in [2.75, 3.05) is 13.1 Å². The molecule has 0 aliphatic rings. The highest BCUT2D eigenvalue weighted by Crippen LogP contribution is 2.08. The van der Waals surface area contributed by atoms with Crippen LogP contribution >= 0.6 is 0 Å². The van der Waals surface area contributed by atoms with E-state index in [9.17, 15) is 4.79 Å². The van der Waals surface area contributed by atoms with Gasteiger partial charge in [-0.3, -0.25) is 9.69 Å². The number of carbonyl (C=O) groups is 1. The number of aliphatic carboxylic acids is 1. The second-order valence-electron chi connectivity index (χ2n) is 3.37. The molecule has 0 saturated heterocycles. The summed E-state index contributed by atoms with van der Waals surface area (Å²) in [7, 11) is 0. The van der Waals surface area contributed by atoms with Crippen LogP contribution < -0.4 is 0 Å². The van der Waals surface area contributed by atoms with Gasteiger partial charge in [0.15, 0.2) is 6.39 Å². The average molecular weight is 212 g/mol. The Bertz CT molecular complexity index is 322. The first-order chi connectivity index (χ1) is 7.13. The van der Waals surface area contributed by atoms with Crippen LogP contribution in [0.1, 0.15) is 24.8 Å². The zero-order valence-electron chi connectivity index (χ0n) is 9.06. The van der Waals surface area contributed by atoms with E-state index in [2.05, 4.69) is 4.98 Å². The highest BCUT2D eigenvalue weighted by atomic mass is 16.4. The van der Waals surface area contributed by atoms with Gasteiger partial charge in [0, 0.05) is 13.1 Å². The van der Waals surface area contributed by atoms with E-state index in [0.717, 1.165) is 18.0 Å². The standard InChI is InChI=1S/C10H16N2O3/c1-3-12(5-4-10(13)14)6-9-8(2)15-7-11-9/h7H,3-6H2,1-2H3,(H,13,14). The molecule has 0 aliphatic carbocycles. The lowest BCUT2D eigenvalue weighted by Gasteiger charge is -2.17. The summed E-state index contributed by atoms with van der Waals surface area (Å²) in [5.74, 6) is 0.0223. The first-order valence-electron chi connectivity index (χ1n) is 4.96. The summed E-state index contributed by atoms with van der Waals surface area (Å²) < 4.78 is 5.08. The Morgan fingerprint density at radius 3 is 2.87 bits per heavy atom. The highest BCUT2D eigenvalue weighted by molar-refractivity contribution is 5.66. The molecular weight excluding hydrogens is 196 g/mol. The molecule has 1 rings (SSSR count). The second kappa shape index (κ2) is 5.50. The summed E-state index contributed by atoms with van der Waals surface area (Å²) in [5, 5.41) is 8.58. The fraction of sp³-hybridized carbons (Fsp3) is 0.600. The Labute approximate surface area is 88.7 Å². The molecule has 1 N–H and O–H groups in total. The smallest absolute Gasteiger partial charge is 0.304 e. The molecule has 0 radical (unpaired) electrons. The molecule has 0 atom stereocenters. The lowest BCUT2D eigenvalue weighted by molar-refractivity contribution is -0.137. The Morgan fingerprint density at radius 2 is 2.40 bits per heavy atom. The molecule has 84 valence electrons. The van der Waals surface area contributed by atoms with Gasteiger partial charge in [0.2, 0.25) is 0 Å². The maximum Gasteiger partial charge on any atom is 0.304 e. The summed E-state index contributed by atoms with van der Waals surface area (Å²) in [6.07, 6.45) is 1.57. The molecular formula is C10H16N2O3. The van der Waals surface area contributed by atoms with Gasteiger partial charge in [-0.25, -0.2) is 4.98 Å². The van der Waals surface area contributed by atoms with Crippen molar-refractivity contribution < 1.29 is 14.3 Å². The van der Waals surface area contributed by atoms with Crippen molar-refractivity contribution in [1.82, 2.24) is 9.88 Å². The maximum atomic E-state index is 10.4. The highest BCUT2D eigenvalue weighted by Gasteiger charge is 2.10. The van der Waals surface area contributed by atoms with Gasteiger partial charge in [-0.1, -0.05) is 6.92 Å². The van der Waals surface area contributed by atoms with Crippen molar-refractivity contribution in [3.8, 4) is 0 Å². The van der Waals surface area contributed by atoms with E-state index in [-0.39, 0.29) is 6.42 Å². The molecule has 0 fully saturated rings. The fourth-order valence-electron chi connectivity index (χ4n) is 1.29. The zero-order chi connectivity index (χ0) is 11.3. The maximum absolute atomic E-state index is 10.4. The number of nitrogens with zero attached hydrogens (tertiary/aromatic N) is 2. The molecule has 5 heteroatoms. The van der Waals surface area contributed by atoms with Crippen LogP contribution in [-0.2, 0) is 11.3 Å². The third-order valence-electron chi connectivity index (χ3n) is 2.31. The van der Waals surface area contributed by atoms with Crippen molar-refractivity contribution >= 4 is 5.97 Å². The third-order valence-corrected chi connectivity index (χ3v) is 2.31. The zero-order valence-corrected chi connectivity index (χ0v) is 9.06. The first-order valence-corrected chi connectivity index (χ1v) is 4.96. The van der Waals surface area contributed by atoms with Crippen LogP contribution in [0.3, 0.4) is 0 Å². The van der Waals surface area contributed by atoms with Crippen molar-refractivity contribution in [2.45, 2.75) is 26.8 Å². The van der Waals surface area contributed by atoms with E-state index in [1.54, 1.807) is 0 Å². The van der Waals surface area contributed by atoms with Crippen LogP contribution in [0, 0.1) is 6.92 Å². The summed E-state index contributed by atoms with van der Waals surface area (Å²) in [6.45, 7) is 5.84. The van der Waals surface area contributed by atoms with Crippen LogP contribution in [0.4, 0.5) is 0 Å². The van der Waals surface area contributed by atoms with Crippen LogP contribution in [0.2, 0.25) is 0 Å². The number of aromatic nitrogens is 1. The van der Waals surface area contributed by atoms with E-state index >= 15 is 0 Å². The second-order valence-corrected chi connectivity index (χ2v) is 3.37. The minimum atomic E-state index is -0.773. The summed E-state index contributed by atoms with van der Waals surface area (Å²) in [5.41, 5.74) is 0.877. The number of aryl methyl sites for hydroxylation is 1.